The molecule has 0 unspecified atom stereocenters. The van der Waals surface area contributed by atoms with Crippen LogP contribution in [0.2, 0.25) is 0 Å². The summed E-state index contributed by atoms with van der Waals surface area (Å²) in [5.41, 5.74) is 1.04. The summed E-state index contributed by atoms with van der Waals surface area (Å²) in [4.78, 5) is 9.84. The van der Waals surface area contributed by atoms with Crippen LogP contribution < -0.4 is 5.32 Å². The largest absolute Gasteiger partial charge is 0.379 e. The summed E-state index contributed by atoms with van der Waals surface area (Å²) >= 11 is 0. The zero-order chi connectivity index (χ0) is 17.7. The smallest absolute Gasteiger partial charge is 0.198 e. The molecule has 3 rings (SSSR count). The Balaban J connectivity index is 0.00000243. The number of hydrogen-bond acceptors (Lipinski definition) is 4. The van der Waals surface area contributed by atoms with E-state index in [0.29, 0.717) is 0 Å². The average Bonchev–Trinajstić information content (AvgIpc) is 3.31. The van der Waals surface area contributed by atoms with Gasteiger partial charge in [0.05, 0.1) is 31.6 Å². The number of nitrogens with zero attached hydrogens (tertiary/aromatic N) is 5. The highest BCUT2D eigenvalue weighted by molar-refractivity contribution is 14.0. The number of guanidine groups is 1. The molecule has 1 aromatic heterocycles. The van der Waals surface area contributed by atoms with E-state index in [1.165, 1.54) is 12.8 Å². The van der Waals surface area contributed by atoms with Crippen molar-refractivity contribution in [3.05, 3.63) is 12.4 Å². The van der Waals surface area contributed by atoms with E-state index < -0.39 is 0 Å². The van der Waals surface area contributed by atoms with Crippen molar-refractivity contribution < 1.29 is 4.74 Å². The van der Waals surface area contributed by atoms with Crippen LogP contribution in [0, 0.1) is 0 Å². The Hall–Kier alpha value is -0.870. The predicted octanol–water partition coefficient (Wildman–Crippen LogP) is 2.50. The second kappa shape index (κ2) is 9.89. The molecule has 2 fully saturated rings. The van der Waals surface area contributed by atoms with Crippen LogP contribution in [0.4, 0.5) is 5.69 Å². The van der Waals surface area contributed by atoms with Gasteiger partial charge < -0.3 is 15.0 Å². The van der Waals surface area contributed by atoms with Gasteiger partial charge in [-0.3, -0.25) is 14.6 Å². The van der Waals surface area contributed by atoms with Crippen molar-refractivity contribution >= 4 is 35.6 Å². The maximum Gasteiger partial charge on any atom is 0.198 e. The van der Waals surface area contributed by atoms with Crippen LogP contribution >= 0.6 is 24.0 Å². The van der Waals surface area contributed by atoms with Crippen molar-refractivity contribution in [3.8, 4) is 0 Å². The van der Waals surface area contributed by atoms with Crippen LogP contribution in [0.3, 0.4) is 0 Å². The fraction of sp³-hybridized carbons (Fsp3) is 0.778. The predicted molar refractivity (Wildman–Crippen MR) is 117 cm³/mol. The lowest BCUT2D eigenvalue weighted by Gasteiger charge is -2.40. The zero-order valence-corrected chi connectivity index (χ0v) is 18.6. The number of aromatic nitrogens is 2. The van der Waals surface area contributed by atoms with Crippen molar-refractivity contribution in [2.75, 3.05) is 51.3 Å². The zero-order valence-electron chi connectivity index (χ0n) is 16.3. The molecule has 8 heteroatoms. The van der Waals surface area contributed by atoms with Crippen LogP contribution in [-0.4, -0.2) is 77.0 Å². The standard InChI is InChI=1S/C18H32N6O.HI/c1-4-24-14-16(13-20-24)21-17(22-7-5-6-8-22)19-15-18(2,3)23-9-11-25-12-10-23;/h13-14H,4-12,15H2,1-3H3,(H,19,21);1H. The Labute approximate surface area is 174 Å². The van der Waals surface area contributed by atoms with Gasteiger partial charge in [-0.1, -0.05) is 0 Å². The normalized spacial score (nSPS) is 19.5. The Morgan fingerprint density at radius 1 is 1.23 bits per heavy atom. The molecule has 7 nitrogen and oxygen atoms in total. The molecule has 0 atom stereocenters. The van der Waals surface area contributed by atoms with Gasteiger partial charge in [0.25, 0.3) is 0 Å². The van der Waals surface area contributed by atoms with Gasteiger partial charge in [0.1, 0.15) is 0 Å². The summed E-state index contributed by atoms with van der Waals surface area (Å²) in [5, 5.41) is 7.86. The van der Waals surface area contributed by atoms with Crippen LogP contribution in [0.25, 0.3) is 0 Å². The number of aryl methyl sites for hydroxylation is 1. The molecule has 0 radical (unpaired) electrons. The summed E-state index contributed by atoms with van der Waals surface area (Å²) < 4.78 is 7.42. The van der Waals surface area contributed by atoms with Crippen molar-refractivity contribution in [2.24, 2.45) is 4.99 Å². The Morgan fingerprint density at radius 2 is 1.92 bits per heavy atom. The van der Waals surface area contributed by atoms with Crippen molar-refractivity contribution in [3.63, 3.8) is 0 Å². The molecule has 148 valence electrons. The lowest BCUT2D eigenvalue weighted by molar-refractivity contribution is -0.00685. The maximum absolute atomic E-state index is 5.49. The van der Waals surface area contributed by atoms with Gasteiger partial charge in [0.2, 0.25) is 0 Å². The van der Waals surface area contributed by atoms with E-state index in [1.54, 1.807) is 0 Å². The minimum absolute atomic E-state index is 0. The maximum atomic E-state index is 5.49. The number of hydrogen-bond donors (Lipinski definition) is 1. The van der Waals surface area contributed by atoms with E-state index in [2.05, 4.69) is 41.0 Å². The van der Waals surface area contributed by atoms with Crippen molar-refractivity contribution in [1.29, 1.82) is 0 Å². The van der Waals surface area contributed by atoms with E-state index in [1.807, 2.05) is 17.1 Å². The summed E-state index contributed by atoms with van der Waals surface area (Å²) in [5.74, 6) is 0.981. The topological polar surface area (TPSA) is 57.9 Å². The number of rotatable bonds is 5. The molecule has 0 spiro atoms. The second-order valence-electron chi connectivity index (χ2n) is 7.46. The minimum atomic E-state index is 0. The van der Waals surface area contributed by atoms with Gasteiger partial charge in [-0.05, 0) is 33.6 Å². The Kier molecular flexibility index (Phi) is 8.15. The Morgan fingerprint density at radius 3 is 2.54 bits per heavy atom. The first-order chi connectivity index (χ1) is 12.1. The first-order valence-electron chi connectivity index (χ1n) is 9.50. The molecule has 0 aliphatic carbocycles. The first kappa shape index (κ1) is 21.4. The molecule has 1 aromatic rings. The molecule has 26 heavy (non-hydrogen) atoms. The van der Waals surface area contributed by atoms with E-state index >= 15 is 0 Å². The van der Waals surface area contributed by atoms with Crippen LogP contribution in [0.5, 0.6) is 0 Å². The molecule has 0 amide bonds. The van der Waals surface area contributed by atoms with Gasteiger partial charge in [-0.25, -0.2) is 0 Å². The lowest BCUT2D eigenvalue weighted by atomic mass is 10.0. The molecule has 2 aliphatic rings. The third-order valence-electron chi connectivity index (χ3n) is 5.10. The lowest BCUT2D eigenvalue weighted by Crippen LogP contribution is -2.52. The average molecular weight is 476 g/mol. The Bertz CT molecular complexity index is 576. The van der Waals surface area contributed by atoms with Gasteiger partial charge in [0.15, 0.2) is 5.96 Å². The molecule has 3 heterocycles. The van der Waals surface area contributed by atoms with Crippen molar-refractivity contribution in [2.45, 2.75) is 45.7 Å². The highest BCUT2D eigenvalue weighted by atomic mass is 127. The summed E-state index contributed by atoms with van der Waals surface area (Å²) in [6.45, 7) is 14.1. The van der Waals surface area contributed by atoms with Gasteiger partial charge in [-0.15, -0.1) is 24.0 Å². The molecule has 2 aliphatic heterocycles. The monoisotopic (exact) mass is 476 g/mol. The first-order valence-corrected chi connectivity index (χ1v) is 9.50. The van der Waals surface area contributed by atoms with E-state index in [-0.39, 0.29) is 29.5 Å². The van der Waals surface area contributed by atoms with Gasteiger partial charge >= 0.3 is 0 Å². The van der Waals surface area contributed by atoms with E-state index in [9.17, 15) is 0 Å². The number of nitrogens with one attached hydrogen (secondary N) is 1. The molecular weight excluding hydrogens is 443 g/mol. The molecular formula is C18H33IN6O. The van der Waals surface area contributed by atoms with Crippen molar-refractivity contribution in [1.82, 2.24) is 19.6 Å². The van der Waals surface area contributed by atoms with Crippen LogP contribution in [0.1, 0.15) is 33.6 Å². The fourth-order valence-corrected chi connectivity index (χ4v) is 3.41. The number of aliphatic imine (C=N–C) groups is 1. The minimum Gasteiger partial charge on any atom is -0.379 e. The second-order valence-corrected chi connectivity index (χ2v) is 7.46. The van der Waals surface area contributed by atoms with Gasteiger partial charge in [0, 0.05) is 44.5 Å². The third-order valence-corrected chi connectivity index (χ3v) is 5.10. The van der Waals surface area contributed by atoms with Crippen LogP contribution in [0.15, 0.2) is 17.4 Å². The quantitative estimate of drug-likeness (QED) is 0.402. The summed E-state index contributed by atoms with van der Waals surface area (Å²) in [6.07, 6.45) is 6.39. The molecule has 0 saturated carbocycles. The number of morpholine rings is 1. The SMILES string of the molecule is CCn1cc(NC(=NCC(C)(C)N2CCOCC2)N2CCCC2)cn1.I. The highest BCUT2D eigenvalue weighted by Crippen LogP contribution is 2.18. The fourth-order valence-electron chi connectivity index (χ4n) is 3.41. The number of halogens is 1. The molecule has 0 aromatic carbocycles. The third kappa shape index (κ3) is 5.56. The molecule has 2 saturated heterocycles. The highest BCUT2D eigenvalue weighted by Gasteiger charge is 2.28. The molecule has 0 bridgehead atoms. The summed E-state index contributed by atoms with van der Waals surface area (Å²) in [7, 11) is 0. The number of likely N-dealkylation sites (tertiary alicyclic amines) is 1. The molecule has 1 N–H and O–H groups in total. The number of ether oxygens (including phenoxy) is 1. The van der Waals surface area contributed by atoms with E-state index in [4.69, 9.17) is 9.73 Å². The number of anilines is 1. The van der Waals surface area contributed by atoms with E-state index in [0.717, 1.165) is 64.1 Å². The van der Waals surface area contributed by atoms with Gasteiger partial charge in [-0.2, -0.15) is 5.10 Å². The summed E-state index contributed by atoms with van der Waals surface area (Å²) in [6, 6.07) is 0. The van der Waals surface area contributed by atoms with Crippen LogP contribution in [-0.2, 0) is 11.3 Å².